The molecule has 0 amide bonds. The minimum Gasteiger partial charge on any atom is -0.363 e. The van der Waals surface area contributed by atoms with Crippen molar-refractivity contribution in [2.45, 2.75) is 26.2 Å². The fraction of sp³-hybridized carbons (Fsp3) is 0.462. The van der Waals surface area contributed by atoms with E-state index in [-0.39, 0.29) is 5.41 Å². The van der Waals surface area contributed by atoms with Gasteiger partial charge in [0.2, 0.25) is 0 Å². The lowest BCUT2D eigenvalue weighted by molar-refractivity contribution is 0.209. The van der Waals surface area contributed by atoms with Crippen LogP contribution in [0, 0.1) is 0 Å². The molecule has 0 atom stereocenters. The number of hydrogen-bond acceptors (Lipinski definition) is 2. The lowest BCUT2D eigenvalue weighted by atomic mass is 9.86. The lowest BCUT2D eigenvalue weighted by Crippen LogP contribution is -2.11. The van der Waals surface area contributed by atoms with Crippen molar-refractivity contribution in [3.8, 4) is 0 Å². The summed E-state index contributed by atoms with van der Waals surface area (Å²) in [5.41, 5.74) is 2.63. The monoisotopic (exact) mass is 205 g/mol. The second kappa shape index (κ2) is 5.08. The number of aliphatic imine (C=N–C) groups is 1. The molecule has 0 unspecified atom stereocenters. The molecule has 2 nitrogen and oxygen atoms in total. The van der Waals surface area contributed by atoms with Gasteiger partial charge < -0.3 is 4.74 Å². The topological polar surface area (TPSA) is 21.6 Å². The largest absolute Gasteiger partial charge is 0.363 e. The third kappa shape index (κ3) is 3.84. The van der Waals surface area contributed by atoms with Crippen molar-refractivity contribution in [3.05, 3.63) is 35.4 Å². The molecule has 15 heavy (non-hydrogen) atoms. The van der Waals surface area contributed by atoms with Crippen LogP contribution in [-0.4, -0.2) is 20.1 Å². The van der Waals surface area contributed by atoms with Crippen LogP contribution in [0.15, 0.2) is 29.3 Å². The summed E-state index contributed by atoms with van der Waals surface area (Å²) in [6.07, 6.45) is 1.85. The standard InChI is InChI=1S/C13H19NO/c1-13(2,3)12-7-5-6-11(8-12)9-14-10-15-4/h5-9H,10H2,1-4H3/b14-9+. The predicted octanol–water partition coefficient (Wildman–Crippen LogP) is 3.01. The highest BCUT2D eigenvalue weighted by Gasteiger charge is 2.12. The molecule has 0 radical (unpaired) electrons. The first kappa shape index (κ1) is 11.9. The summed E-state index contributed by atoms with van der Waals surface area (Å²) in [5, 5.41) is 0. The van der Waals surface area contributed by atoms with Crippen LogP contribution in [-0.2, 0) is 10.2 Å². The zero-order valence-corrected chi connectivity index (χ0v) is 9.95. The summed E-state index contributed by atoms with van der Waals surface area (Å²) >= 11 is 0. The van der Waals surface area contributed by atoms with E-state index < -0.39 is 0 Å². The van der Waals surface area contributed by atoms with Crippen molar-refractivity contribution in [1.29, 1.82) is 0 Å². The highest BCUT2D eigenvalue weighted by Crippen LogP contribution is 2.22. The van der Waals surface area contributed by atoms with Crippen LogP contribution < -0.4 is 0 Å². The Morgan fingerprint density at radius 1 is 1.33 bits per heavy atom. The summed E-state index contributed by atoms with van der Waals surface area (Å²) in [7, 11) is 1.64. The van der Waals surface area contributed by atoms with E-state index in [9.17, 15) is 0 Å². The maximum absolute atomic E-state index is 4.86. The predicted molar refractivity (Wildman–Crippen MR) is 64.6 cm³/mol. The molecule has 0 aliphatic rings. The molecule has 0 saturated heterocycles. The number of methoxy groups -OCH3 is 1. The molecule has 1 aromatic carbocycles. The zero-order chi connectivity index (χ0) is 11.3. The van der Waals surface area contributed by atoms with Gasteiger partial charge in [0, 0.05) is 13.3 Å². The van der Waals surface area contributed by atoms with Gasteiger partial charge in [0.1, 0.15) is 6.73 Å². The van der Waals surface area contributed by atoms with Gasteiger partial charge in [-0.3, -0.25) is 4.99 Å². The quantitative estimate of drug-likeness (QED) is 0.695. The van der Waals surface area contributed by atoms with Crippen molar-refractivity contribution in [2.75, 3.05) is 13.8 Å². The highest BCUT2D eigenvalue weighted by atomic mass is 16.5. The Kier molecular flexibility index (Phi) is 4.04. The van der Waals surface area contributed by atoms with E-state index in [4.69, 9.17) is 4.74 Å². The van der Waals surface area contributed by atoms with Gasteiger partial charge in [0.15, 0.2) is 0 Å². The SMILES string of the molecule is COC/N=C/c1cccc(C(C)(C)C)c1. The average molecular weight is 205 g/mol. The van der Waals surface area contributed by atoms with E-state index in [0.717, 1.165) is 5.56 Å². The Balaban J connectivity index is 2.84. The van der Waals surface area contributed by atoms with Gasteiger partial charge in [-0.15, -0.1) is 0 Å². The maximum atomic E-state index is 4.86. The average Bonchev–Trinajstić information content (AvgIpc) is 2.17. The van der Waals surface area contributed by atoms with Crippen molar-refractivity contribution in [3.63, 3.8) is 0 Å². The van der Waals surface area contributed by atoms with Crippen molar-refractivity contribution >= 4 is 6.21 Å². The molecule has 0 heterocycles. The van der Waals surface area contributed by atoms with E-state index in [1.54, 1.807) is 7.11 Å². The van der Waals surface area contributed by atoms with Gasteiger partial charge in [0.05, 0.1) is 0 Å². The van der Waals surface area contributed by atoms with E-state index in [2.05, 4.69) is 50.0 Å². The second-order valence-corrected chi connectivity index (χ2v) is 4.60. The highest BCUT2D eigenvalue weighted by molar-refractivity contribution is 5.79. The normalized spacial score (nSPS) is 12.3. The van der Waals surface area contributed by atoms with E-state index >= 15 is 0 Å². The number of hydrogen-bond donors (Lipinski definition) is 0. The number of ether oxygens (including phenoxy) is 1. The summed E-state index contributed by atoms with van der Waals surface area (Å²) in [6, 6.07) is 8.43. The Hall–Kier alpha value is -1.15. The zero-order valence-electron chi connectivity index (χ0n) is 9.95. The lowest BCUT2D eigenvalue weighted by Gasteiger charge is -2.19. The number of rotatable bonds is 3. The van der Waals surface area contributed by atoms with Crippen LogP contribution in [0.2, 0.25) is 0 Å². The summed E-state index contributed by atoms with van der Waals surface area (Å²) in [4.78, 5) is 4.14. The molecule has 82 valence electrons. The molecule has 0 aliphatic carbocycles. The van der Waals surface area contributed by atoms with Crippen molar-refractivity contribution in [2.24, 2.45) is 4.99 Å². The number of nitrogens with zero attached hydrogens (tertiary/aromatic N) is 1. The Labute approximate surface area is 92.0 Å². The van der Waals surface area contributed by atoms with Gasteiger partial charge in [-0.25, -0.2) is 0 Å². The Bertz CT molecular complexity index is 337. The molecular formula is C13H19NO. The molecule has 2 heteroatoms. The molecule has 0 fully saturated rings. The Morgan fingerprint density at radius 2 is 2.07 bits per heavy atom. The smallest absolute Gasteiger partial charge is 0.137 e. The fourth-order valence-electron chi connectivity index (χ4n) is 1.30. The molecule has 0 aromatic heterocycles. The van der Waals surface area contributed by atoms with Crippen LogP contribution in [0.1, 0.15) is 31.9 Å². The maximum Gasteiger partial charge on any atom is 0.137 e. The minimum absolute atomic E-state index is 0.186. The molecule has 0 bridgehead atoms. The molecule has 0 spiro atoms. The van der Waals surface area contributed by atoms with Crippen LogP contribution in [0.3, 0.4) is 0 Å². The molecule has 1 rings (SSSR count). The van der Waals surface area contributed by atoms with Crippen molar-refractivity contribution < 1.29 is 4.74 Å². The fourth-order valence-corrected chi connectivity index (χ4v) is 1.30. The van der Waals surface area contributed by atoms with Gasteiger partial charge in [0.25, 0.3) is 0 Å². The molecule has 0 saturated carbocycles. The third-order valence-electron chi connectivity index (χ3n) is 2.20. The minimum atomic E-state index is 0.186. The number of benzene rings is 1. The van der Waals surface area contributed by atoms with Crippen molar-refractivity contribution in [1.82, 2.24) is 0 Å². The van der Waals surface area contributed by atoms with Crippen LogP contribution in [0.4, 0.5) is 0 Å². The first-order chi connectivity index (χ1) is 7.04. The van der Waals surface area contributed by atoms with Crippen LogP contribution >= 0.6 is 0 Å². The van der Waals surface area contributed by atoms with E-state index in [1.165, 1.54) is 5.56 Å². The summed E-state index contributed by atoms with van der Waals surface area (Å²) in [5.74, 6) is 0. The van der Waals surface area contributed by atoms with Gasteiger partial charge in [-0.05, 0) is 22.6 Å². The second-order valence-electron chi connectivity index (χ2n) is 4.60. The molecular weight excluding hydrogens is 186 g/mol. The molecule has 1 aromatic rings. The van der Waals surface area contributed by atoms with Crippen LogP contribution in [0.25, 0.3) is 0 Å². The summed E-state index contributed by atoms with van der Waals surface area (Å²) in [6.45, 7) is 7.04. The summed E-state index contributed by atoms with van der Waals surface area (Å²) < 4.78 is 4.86. The third-order valence-corrected chi connectivity index (χ3v) is 2.20. The first-order valence-corrected chi connectivity index (χ1v) is 5.13. The Morgan fingerprint density at radius 3 is 2.67 bits per heavy atom. The first-order valence-electron chi connectivity index (χ1n) is 5.13. The van der Waals surface area contributed by atoms with Gasteiger partial charge in [-0.2, -0.15) is 0 Å². The van der Waals surface area contributed by atoms with Crippen LogP contribution in [0.5, 0.6) is 0 Å². The van der Waals surface area contributed by atoms with Gasteiger partial charge >= 0.3 is 0 Å². The van der Waals surface area contributed by atoms with E-state index in [0.29, 0.717) is 6.73 Å². The molecule has 0 N–H and O–H groups in total. The van der Waals surface area contributed by atoms with Gasteiger partial charge in [-0.1, -0.05) is 39.0 Å². The van der Waals surface area contributed by atoms with E-state index in [1.807, 2.05) is 6.21 Å². The molecule has 0 aliphatic heterocycles.